The van der Waals surface area contributed by atoms with E-state index >= 15 is 0 Å². The summed E-state index contributed by atoms with van der Waals surface area (Å²) < 4.78 is 27.2. The minimum atomic E-state index is -0.842. The number of likely N-dealkylation sites (N-methyl/N-ethyl adjacent to an activating group) is 1. The van der Waals surface area contributed by atoms with Crippen LogP contribution >= 0.6 is 21.6 Å². The van der Waals surface area contributed by atoms with Crippen LogP contribution in [0.4, 0.5) is 9.59 Å². The van der Waals surface area contributed by atoms with Gasteiger partial charge in [0, 0.05) is 28.7 Å². The van der Waals surface area contributed by atoms with Crippen LogP contribution in [0.25, 0.3) is 0 Å². The highest BCUT2D eigenvalue weighted by Crippen LogP contribution is 2.64. The second-order valence-corrected chi connectivity index (χ2v) is 12.6. The molecule has 12 heteroatoms. The number of rotatable bonds is 9. The van der Waals surface area contributed by atoms with Crippen molar-refractivity contribution >= 4 is 39.8 Å². The van der Waals surface area contributed by atoms with Crippen LogP contribution < -0.4 is 14.8 Å². The van der Waals surface area contributed by atoms with Crippen LogP contribution in [-0.4, -0.2) is 86.2 Å². The van der Waals surface area contributed by atoms with Gasteiger partial charge in [0.15, 0.2) is 11.5 Å². The first-order valence-corrected chi connectivity index (χ1v) is 15.6. The molecule has 10 nitrogen and oxygen atoms in total. The lowest BCUT2D eigenvalue weighted by molar-refractivity contribution is -0.142. The van der Waals surface area contributed by atoms with Gasteiger partial charge >= 0.3 is 18.2 Å². The van der Waals surface area contributed by atoms with Crippen molar-refractivity contribution in [1.29, 1.82) is 0 Å². The number of hydrogen-bond donors (Lipinski definition) is 1. The zero-order chi connectivity index (χ0) is 27.7. The maximum absolute atomic E-state index is 12.3. The van der Waals surface area contributed by atoms with E-state index < -0.39 is 24.3 Å². The number of alkyl carbamates (subject to hydrolysis) is 1. The Bertz CT molecular complexity index is 1160. The van der Waals surface area contributed by atoms with Gasteiger partial charge in [0.05, 0.1) is 25.6 Å². The van der Waals surface area contributed by atoms with Crippen LogP contribution in [0.3, 0.4) is 0 Å². The second-order valence-electron chi connectivity index (χ2n) is 9.99. The second kappa shape index (κ2) is 11.5. The maximum atomic E-state index is 12.3. The van der Waals surface area contributed by atoms with E-state index in [1.54, 1.807) is 30.7 Å². The number of carbonyl (C=O) groups excluding carboxylic acids is 3. The largest absolute Gasteiger partial charge is 0.513 e. The molecule has 1 saturated heterocycles. The van der Waals surface area contributed by atoms with Gasteiger partial charge in [-0.05, 0) is 51.9 Å². The van der Waals surface area contributed by atoms with Crippen LogP contribution in [0.5, 0.6) is 11.5 Å². The fourth-order valence-corrected chi connectivity index (χ4v) is 9.18. The number of nitrogens with zero attached hydrogens (tertiary/aromatic N) is 1. The monoisotopic (exact) mass is 578 g/mol. The zero-order valence-electron chi connectivity index (χ0n) is 22.5. The molecule has 1 aromatic rings. The van der Waals surface area contributed by atoms with Gasteiger partial charge in [0.2, 0.25) is 0 Å². The van der Waals surface area contributed by atoms with E-state index in [2.05, 4.69) is 35.5 Å². The first kappa shape index (κ1) is 28.0. The third kappa shape index (κ3) is 4.95. The van der Waals surface area contributed by atoms with Gasteiger partial charge in [-0.25, -0.2) is 14.4 Å². The lowest BCUT2D eigenvalue weighted by Crippen LogP contribution is -2.64. The fourth-order valence-electron chi connectivity index (χ4n) is 6.42. The number of amides is 1. The van der Waals surface area contributed by atoms with Crippen LogP contribution in [0.15, 0.2) is 24.3 Å². The number of esters is 1. The van der Waals surface area contributed by atoms with Gasteiger partial charge in [0.25, 0.3) is 0 Å². The number of nitrogens with one attached hydrogen (secondary N) is 1. The molecule has 0 radical (unpaired) electrons. The van der Waals surface area contributed by atoms with Gasteiger partial charge in [-0.2, -0.15) is 0 Å². The third-order valence-corrected chi connectivity index (χ3v) is 10.8. The molecule has 0 aromatic heterocycles. The summed E-state index contributed by atoms with van der Waals surface area (Å²) in [6, 6.07) is 3.37. The molecule has 4 aliphatic rings. The Balaban J connectivity index is 1.40. The number of ether oxygens (including phenoxy) is 5. The number of methoxy groups -OCH3 is 1. The SMILES string of the molecule is CCOC(=O)N[C@H](CSS[C@@H]1C=C[C@H]2[C@H]3Cc4ccc(OC(=O)OCC)c5c4[C@@]2(CCN3C)[C@H]1O5)C(=O)OC. The van der Waals surface area contributed by atoms with E-state index in [1.165, 1.54) is 23.5 Å². The lowest BCUT2D eigenvalue weighted by atomic mass is 9.53. The number of carbonyl (C=O) groups is 3. The summed E-state index contributed by atoms with van der Waals surface area (Å²) in [5.41, 5.74) is 2.14. The fraction of sp³-hybridized carbons (Fsp3) is 0.593. The topological polar surface area (TPSA) is 113 Å². The Morgan fingerprint density at radius 2 is 2.00 bits per heavy atom. The van der Waals surface area contributed by atoms with Crippen molar-refractivity contribution in [3.63, 3.8) is 0 Å². The minimum Gasteiger partial charge on any atom is -0.484 e. The van der Waals surface area contributed by atoms with Gasteiger partial charge in [0.1, 0.15) is 12.1 Å². The Morgan fingerprint density at radius 3 is 2.74 bits per heavy atom. The van der Waals surface area contributed by atoms with Crippen molar-refractivity contribution in [2.24, 2.45) is 5.92 Å². The highest BCUT2D eigenvalue weighted by atomic mass is 33.1. The van der Waals surface area contributed by atoms with Crippen molar-refractivity contribution in [3.8, 4) is 11.5 Å². The zero-order valence-corrected chi connectivity index (χ0v) is 24.1. The molecule has 6 atom stereocenters. The Morgan fingerprint density at radius 1 is 1.21 bits per heavy atom. The van der Waals surface area contributed by atoms with E-state index in [4.69, 9.17) is 23.7 Å². The summed E-state index contributed by atoms with van der Waals surface area (Å²) in [6.45, 7) is 4.80. The molecular weight excluding hydrogens is 544 g/mol. The standard InChI is InChI=1S/C27H34N2O8S2/c1-5-34-25(31)28-17(24(30)33-4)14-38-39-20-10-8-16-18-13-15-7-9-19(36-26(32)35-6-2)22-21(15)27(16,23(20)37-22)11-12-29(18)3/h7-10,16-18,20,23H,5-6,11-14H2,1-4H3,(H,28,31)/t16-,17+,18+,20+,23-,27-/m0/s1. The average molecular weight is 579 g/mol. The molecule has 0 unspecified atom stereocenters. The quantitative estimate of drug-likeness (QED) is 0.152. The highest BCUT2D eigenvalue weighted by molar-refractivity contribution is 8.77. The predicted octanol–water partition coefficient (Wildman–Crippen LogP) is 3.70. The first-order chi connectivity index (χ1) is 18.8. The lowest BCUT2D eigenvalue weighted by Gasteiger charge is -2.56. The molecule has 1 amide bonds. The Kier molecular flexibility index (Phi) is 8.25. The van der Waals surface area contributed by atoms with E-state index in [0.717, 1.165) is 24.9 Å². The van der Waals surface area contributed by atoms with Crippen LogP contribution in [-0.2, 0) is 30.8 Å². The number of piperidine rings is 1. The molecule has 1 N–H and O–H groups in total. The summed E-state index contributed by atoms with van der Waals surface area (Å²) in [6.07, 6.45) is 4.75. The minimum absolute atomic E-state index is 0.0370. The van der Waals surface area contributed by atoms with Crippen molar-refractivity contribution in [3.05, 3.63) is 35.4 Å². The molecule has 39 heavy (non-hydrogen) atoms. The molecule has 212 valence electrons. The van der Waals surface area contributed by atoms with E-state index in [-0.39, 0.29) is 35.9 Å². The number of hydrogen-bond acceptors (Lipinski definition) is 11. The number of likely N-dealkylation sites (tertiary alicyclic amines) is 1. The molecule has 1 spiro atoms. The van der Waals surface area contributed by atoms with Crippen molar-refractivity contribution in [2.75, 3.05) is 39.7 Å². The predicted molar refractivity (Wildman–Crippen MR) is 147 cm³/mol. The molecule has 2 aliphatic heterocycles. The summed E-state index contributed by atoms with van der Waals surface area (Å²) >= 11 is 0. The molecule has 0 saturated carbocycles. The smallest absolute Gasteiger partial charge is 0.484 e. The Labute approximate surface area is 235 Å². The molecule has 1 aromatic carbocycles. The van der Waals surface area contributed by atoms with Crippen LogP contribution in [0.1, 0.15) is 31.4 Å². The molecule has 1 fully saturated rings. The normalized spacial score (nSPS) is 28.5. The number of benzene rings is 1. The molecule has 5 rings (SSSR count). The van der Waals surface area contributed by atoms with Gasteiger partial charge < -0.3 is 33.9 Å². The summed E-state index contributed by atoms with van der Waals surface area (Å²) in [4.78, 5) is 38.9. The van der Waals surface area contributed by atoms with E-state index in [9.17, 15) is 14.4 Å². The van der Waals surface area contributed by atoms with Gasteiger partial charge in [-0.1, -0.05) is 39.8 Å². The maximum Gasteiger partial charge on any atom is 0.513 e. The van der Waals surface area contributed by atoms with Gasteiger partial charge in [-0.15, -0.1) is 0 Å². The van der Waals surface area contributed by atoms with Crippen molar-refractivity contribution in [2.45, 2.75) is 55.5 Å². The molecular formula is C27H34N2O8S2. The molecule has 2 bridgehead atoms. The summed E-state index contributed by atoms with van der Waals surface area (Å²) in [5, 5.41) is 2.54. The average Bonchev–Trinajstić information content (AvgIpc) is 3.27. The van der Waals surface area contributed by atoms with Crippen molar-refractivity contribution < 1.29 is 38.1 Å². The highest BCUT2D eigenvalue weighted by Gasteiger charge is 2.64. The van der Waals surface area contributed by atoms with Crippen molar-refractivity contribution in [1.82, 2.24) is 10.2 Å². The van der Waals surface area contributed by atoms with E-state index in [0.29, 0.717) is 23.3 Å². The van der Waals surface area contributed by atoms with Gasteiger partial charge in [-0.3, -0.25) is 0 Å². The van der Waals surface area contributed by atoms with E-state index in [1.807, 2.05) is 0 Å². The van der Waals surface area contributed by atoms with Crippen LogP contribution in [0, 0.1) is 5.92 Å². The Hall–Kier alpha value is -2.57. The summed E-state index contributed by atoms with van der Waals surface area (Å²) in [7, 11) is 6.54. The molecule has 2 aliphatic carbocycles. The third-order valence-electron chi connectivity index (χ3n) is 8.04. The summed E-state index contributed by atoms with van der Waals surface area (Å²) in [5.74, 6) is 1.05. The molecule has 2 heterocycles. The first-order valence-electron chi connectivity index (χ1n) is 13.2. The van der Waals surface area contributed by atoms with Crippen LogP contribution in [0.2, 0.25) is 0 Å².